The van der Waals surface area contributed by atoms with E-state index >= 15 is 17.6 Å². The van der Waals surface area contributed by atoms with Crippen molar-refractivity contribution < 1.29 is 68.5 Å². The number of halogens is 10. The topological polar surface area (TPSA) is 113 Å². The fourth-order valence-corrected chi connectivity index (χ4v) is 18.4. The Bertz CT molecular complexity index is 3310. The Kier molecular flexibility index (Phi) is 16.4. The van der Waals surface area contributed by atoms with E-state index in [0.717, 1.165) is 88.4 Å². The minimum Gasteiger partial charge on any atom is -0.383 e. The molecule has 4 unspecified atom stereocenters. The highest BCUT2D eigenvalue weighted by molar-refractivity contribution is 5.94. The lowest BCUT2D eigenvalue weighted by molar-refractivity contribution is -0.362. The third-order valence-electron chi connectivity index (χ3n) is 23.0. The molecule has 2 saturated heterocycles. The van der Waals surface area contributed by atoms with Gasteiger partial charge in [-0.3, -0.25) is 24.2 Å². The van der Waals surface area contributed by atoms with E-state index in [4.69, 9.17) is 0 Å². The van der Waals surface area contributed by atoms with Crippen LogP contribution in [0, 0.1) is 34.5 Å². The summed E-state index contributed by atoms with van der Waals surface area (Å²) in [6.07, 6.45) is -5.19. The highest BCUT2D eigenvalue weighted by atomic mass is 19.4. The Morgan fingerprint density at radius 2 is 0.943 bits per heavy atom. The van der Waals surface area contributed by atoms with Crippen LogP contribution >= 0.6 is 0 Å². The van der Waals surface area contributed by atoms with Gasteiger partial charge in [0, 0.05) is 107 Å². The standard InChI is InChI=1S/C38H41F5N2O3.C31H37F5N2O2/c1-35-22-31(25-9-7-24(8-10-25)23-44-17-19-45(20-18-44)34(47)26-5-3-2-4-6-26)33-29-14-12-28(46)21-27(29)11-13-30(33)32(35)15-16-36(35,48)37(39,40)38(41,42)43;1-28-17-25(20-4-2-19(3-5-20)18-38-14-12-37-13-15-38)27-23-9-7-22(39)16-21(23)6-8-24(27)26(28)10-11-29(28,40)30(32,33)31(34,35)36/h2-10,21,30-32,48H,11-20,22-23H2,1H3;2-5,16,24-26,37,40H,6-15,17-18H2,1H3/t30?,31-,32?,35+,36+;24?,25-,26?,28+,29+/m11/s1. The Morgan fingerprint density at radius 1 is 0.534 bits per heavy atom. The third-order valence-corrected chi connectivity index (χ3v) is 23.0. The molecule has 0 bridgehead atoms. The van der Waals surface area contributed by atoms with E-state index < -0.39 is 82.7 Å². The van der Waals surface area contributed by atoms with Crippen molar-refractivity contribution in [3.05, 3.63) is 152 Å². The van der Waals surface area contributed by atoms with E-state index in [1.807, 2.05) is 83.8 Å². The molecule has 10 atom stereocenters. The highest BCUT2D eigenvalue weighted by Gasteiger charge is 2.80. The lowest BCUT2D eigenvalue weighted by Gasteiger charge is -2.56. The zero-order valence-corrected chi connectivity index (χ0v) is 49.8. The van der Waals surface area contributed by atoms with E-state index in [-0.39, 0.29) is 55.0 Å². The Morgan fingerprint density at radius 3 is 1.35 bits per heavy atom. The molecule has 0 aromatic heterocycles. The lowest BCUT2D eigenvalue weighted by atomic mass is 9.50. The molecule has 0 radical (unpaired) electrons. The number of hydrogen-bond donors (Lipinski definition) is 3. The zero-order valence-electron chi connectivity index (χ0n) is 49.8. The van der Waals surface area contributed by atoms with Gasteiger partial charge < -0.3 is 20.4 Å². The van der Waals surface area contributed by atoms with Gasteiger partial charge in [0.05, 0.1) is 0 Å². The van der Waals surface area contributed by atoms with Crippen LogP contribution in [0.15, 0.2) is 124 Å². The van der Waals surface area contributed by atoms with Gasteiger partial charge >= 0.3 is 24.2 Å². The van der Waals surface area contributed by atoms with Crippen molar-refractivity contribution in [2.24, 2.45) is 34.5 Å². The summed E-state index contributed by atoms with van der Waals surface area (Å²) in [5.41, 5.74) is 1.07. The van der Waals surface area contributed by atoms with Crippen molar-refractivity contribution in [3.63, 3.8) is 0 Å². The smallest absolute Gasteiger partial charge is 0.383 e. The molecule has 9 nitrogen and oxygen atoms in total. The summed E-state index contributed by atoms with van der Waals surface area (Å²) in [5.74, 6) is -12.7. The second-order valence-electron chi connectivity index (χ2n) is 27.4. The van der Waals surface area contributed by atoms with Crippen LogP contribution in [-0.2, 0) is 22.7 Å². The predicted molar refractivity (Wildman–Crippen MR) is 311 cm³/mol. The van der Waals surface area contributed by atoms with Gasteiger partial charge in [0.2, 0.25) is 0 Å². The summed E-state index contributed by atoms with van der Waals surface area (Å²) in [7, 11) is 0. The van der Waals surface area contributed by atoms with Crippen LogP contribution in [0.3, 0.4) is 0 Å². The molecule has 6 fully saturated rings. The third kappa shape index (κ3) is 10.5. The summed E-state index contributed by atoms with van der Waals surface area (Å²) in [5, 5.41) is 26.2. The number of ketones is 2. The van der Waals surface area contributed by atoms with Crippen LogP contribution in [0.25, 0.3) is 0 Å². The minimum atomic E-state index is -5.87. The minimum absolute atomic E-state index is 0.00748. The Labute approximate surface area is 507 Å². The molecule has 8 aliphatic carbocycles. The van der Waals surface area contributed by atoms with Crippen molar-refractivity contribution >= 4 is 17.5 Å². The molecule has 3 aromatic rings. The van der Waals surface area contributed by atoms with Gasteiger partial charge in [-0.1, -0.05) is 91.7 Å². The van der Waals surface area contributed by atoms with E-state index in [1.54, 1.807) is 12.2 Å². The number of nitrogens with one attached hydrogen (secondary N) is 1. The molecule has 10 aliphatic rings. The van der Waals surface area contributed by atoms with Gasteiger partial charge in [0.15, 0.2) is 11.6 Å². The number of fused-ring (bicyclic) bond motifs is 8. The molecular formula is C69H78F10N4O5. The average molecular weight is 1230 g/mol. The van der Waals surface area contributed by atoms with Gasteiger partial charge in [-0.05, 0) is 170 Å². The zero-order chi connectivity index (χ0) is 62.6. The summed E-state index contributed by atoms with van der Waals surface area (Å²) in [6, 6.07) is 25.1. The molecule has 474 valence electrons. The second-order valence-corrected chi connectivity index (χ2v) is 27.4. The lowest BCUT2D eigenvalue weighted by Crippen LogP contribution is -2.65. The van der Waals surface area contributed by atoms with E-state index in [9.17, 15) is 50.9 Å². The van der Waals surface area contributed by atoms with Gasteiger partial charge in [-0.2, -0.15) is 43.9 Å². The molecular weight excluding hydrogens is 1150 g/mol. The van der Waals surface area contributed by atoms with E-state index in [0.29, 0.717) is 89.7 Å². The van der Waals surface area contributed by atoms with Crippen molar-refractivity contribution in [1.29, 1.82) is 0 Å². The van der Waals surface area contributed by atoms with Crippen LogP contribution in [0.5, 0.6) is 0 Å². The molecule has 2 heterocycles. The summed E-state index contributed by atoms with van der Waals surface area (Å²) < 4.78 is 144. The number of nitrogens with zero attached hydrogens (tertiary/aromatic N) is 3. The maximum Gasteiger partial charge on any atom is 0.456 e. The number of carbonyl (C=O) groups is 3. The first-order chi connectivity index (χ1) is 41.6. The van der Waals surface area contributed by atoms with Gasteiger partial charge in [0.25, 0.3) is 5.91 Å². The summed E-state index contributed by atoms with van der Waals surface area (Å²) >= 11 is 0. The monoisotopic (exact) mass is 1230 g/mol. The van der Waals surface area contributed by atoms with Gasteiger partial charge in [-0.15, -0.1) is 0 Å². The van der Waals surface area contributed by atoms with Crippen molar-refractivity contribution in [2.75, 3.05) is 52.4 Å². The fourth-order valence-electron chi connectivity index (χ4n) is 18.4. The molecule has 3 N–H and O–H groups in total. The fraction of sp³-hybridized carbons (Fsp3) is 0.580. The molecule has 4 saturated carbocycles. The first-order valence-electron chi connectivity index (χ1n) is 31.5. The van der Waals surface area contributed by atoms with Crippen LogP contribution in [0.2, 0.25) is 0 Å². The largest absolute Gasteiger partial charge is 0.456 e. The first-order valence-corrected chi connectivity index (χ1v) is 31.5. The molecule has 88 heavy (non-hydrogen) atoms. The number of alkyl halides is 10. The SMILES string of the molecule is C[C@]12C[C@H](c3ccc(CN4CCN(C(=O)c5ccccc5)CC4)cc3)C3=C4CCC(=O)C=C4CCC3C1CC[C@@]2(O)C(F)(F)C(F)(F)F.C[C@]12C[C@H](c3ccc(CN4CCNCC4)cc3)C3=C4CCC(=O)C=C4CCC3C1CC[C@@]2(O)C(F)(F)C(F)(F)F. The number of benzene rings is 3. The van der Waals surface area contributed by atoms with Crippen LogP contribution in [0.4, 0.5) is 43.9 Å². The summed E-state index contributed by atoms with van der Waals surface area (Å²) in [4.78, 5) is 43.9. The van der Waals surface area contributed by atoms with Crippen LogP contribution < -0.4 is 5.32 Å². The Balaban J connectivity index is 0.000000174. The number of aliphatic hydroxyl groups is 2. The number of hydrogen-bond acceptors (Lipinski definition) is 8. The van der Waals surface area contributed by atoms with E-state index in [2.05, 4.69) is 15.1 Å². The number of piperazine rings is 2. The molecule has 3 aromatic carbocycles. The van der Waals surface area contributed by atoms with Crippen molar-refractivity contribution in [1.82, 2.24) is 20.0 Å². The molecule has 0 spiro atoms. The van der Waals surface area contributed by atoms with Crippen molar-refractivity contribution in [2.45, 2.75) is 164 Å². The Hall–Kier alpha value is -5.47. The van der Waals surface area contributed by atoms with E-state index in [1.165, 1.54) is 13.8 Å². The summed E-state index contributed by atoms with van der Waals surface area (Å²) in [6.45, 7) is 10.7. The van der Waals surface area contributed by atoms with Gasteiger partial charge in [0.1, 0.15) is 11.2 Å². The average Bonchev–Trinajstić information content (AvgIpc) is 1.44. The molecule has 1 amide bonds. The number of rotatable bonds is 9. The quantitative estimate of drug-likeness (QED) is 0.182. The molecule has 19 heteroatoms. The second kappa shape index (κ2) is 23.0. The maximum atomic E-state index is 15.3. The van der Waals surface area contributed by atoms with Crippen molar-refractivity contribution in [3.8, 4) is 0 Å². The normalized spacial score (nSPS) is 33.0. The number of amides is 1. The molecule has 13 rings (SSSR count). The first kappa shape index (κ1) is 62.7. The number of carbonyl (C=O) groups excluding carboxylic acids is 3. The predicted octanol–water partition coefficient (Wildman–Crippen LogP) is 13.4. The number of allylic oxidation sites excluding steroid dienone is 8. The molecule has 2 aliphatic heterocycles. The maximum absolute atomic E-state index is 15.3. The van der Waals surface area contributed by atoms with Crippen LogP contribution in [-0.4, -0.2) is 130 Å². The highest BCUT2D eigenvalue weighted by Crippen LogP contribution is 2.72. The van der Waals surface area contributed by atoms with Crippen LogP contribution in [0.1, 0.15) is 148 Å². The van der Waals surface area contributed by atoms with Gasteiger partial charge in [-0.25, -0.2) is 0 Å².